The first-order chi connectivity index (χ1) is 6.57. The molecule has 0 aromatic rings. The summed E-state index contributed by atoms with van der Waals surface area (Å²) in [5.74, 6) is -0.448. The third-order valence-electron chi connectivity index (χ3n) is 2.46. The molecule has 0 spiro atoms. The maximum atomic E-state index is 11.1. The van der Waals surface area contributed by atoms with E-state index in [1.165, 1.54) is 6.92 Å². The molecule has 15 heavy (non-hydrogen) atoms. The van der Waals surface area contributed by atoms with E-state index >= 15 is 0 Å². The minimum absolute atomic E-state index is 0. The van der Waals surface area contributed by atoms with E-state index in [9.17, 15) is 9.59 Å². The molecule has 0 amide bonds. The van der Waals surface area contributed by atoms with Crippen LogP contribution in [0.4, 0.5) is 0 Å². The van der Waals surface area contributed by atoms with Crippen LogP contribution in [0.15, 0.2) is 0 Å². The summed E-state index contributed by atoms with van der Waals surface area (Å²) in [6.07, 6.45) is 1.01. The van der Waals surface area contributed by atoms with Crippen molar-refractivity contribution >= 4 is 52.4 Å². The van der Waals surface area contributed by atoms with E-state index in [4.69, 9.17) is 9.84 Å². The Morgan fingerprint density at radius 2 is 1.93 bits per heavy atom. The van der Waals surface area contributed by atoms with Crippen LogP contribution in [0.25, 0.3) is 0 Å². The number of carbonyl (C=O) groups is 2. The summed E-state index contributed by atoms with van der Waals surface area (Å²) in [7, 11) is 0. The van der Waals surface area contributed by atoms with Gasteiger partial charge in [0.15, 0.2) is 5.12 Å². The summed E-state index contributed by atoms with van der Waals surface area (Å²) in [6, 6.07) is 0. The van der Waals surface area contributed by atoms with Gasteiger partial charge in [-0.25, -0.2) is 0 Å². The summed E-state index contributed by atoms with van der Waals surface area (Å²) < 4.78 is 5.12. The molecule has 0 aromatic carbocycles. The van der Waals surface area contributed by atoms with Crippen molar-refractivity contribution < 1.29 is 19.4 Å². The van der Waals surface area contributed by atoms with E-state index in [2.05, 4.69) is 0 Å². The molecule has 0 atom stereocenters. The summed E-state index contributed by atoms with van der Waals surface area (Å²) in [5, 5.41) is 9.09. The number of hydrogen-bond acceptors (Lipinski definition) is 4. The van der Waals surface area contributed by atoms with Gasteiger partial charge in [0.05, 0.1) is 5.41 Å². The molecule has 1 heterocycles. The van der Waals surface area contributed by atoms with Gasteiger partial charge in [-0.05, 0) is 12.8 Å². The Morgan fingerprint density at radius 3 is 2.33 bits per heavy atom. The second-order valence-electron chi connectivity index (χ2n) is 3.48. The van der Waals surface area contributed by atoms with Crippen LogP contribution in [-0.4, -0.2) is 64.7 Å². The van der Waals surface area contributed by atoms with Crippen molar-refractivity contribution in [3.63, 3.8) is 0 Å². The molecule has 6 heteroatoms. The fraction of sp³-hybridized carbons (Fsp3) is 0.778. The van der Waals surface area contributed by atoms with Crippen LogP contribution in [0.1, 0.15) is 19.8 Å². The van der Waals surface area contributed by atoms with Crippen LogP contribution >= 0.6 is 11.8 Å². The molecule has 1 saturated heterocycles. The topological polar surface area (TPSA) is 63.6 Å². The van der Waals surface area contributed by atoms with Gasteiger partial charge >= 0.3 is 35.5 Å². The standard InChI is InChI=1S/C9H14O4S.Na.H/c1-7(10)14-6-9(8(11)12)2-4-13-5-3-9;;/h2-6H2,1H3,(H,11,12);;. The van der Waals surface area contributed by atoms with E-state index in [0.29, 0.717) is 31.8 Å². The third kappa shape index (κ3) is 4.44. The number of carbonyl (C=O) groups excluding carboxylic acids is 1. The molecule has 1 N–H and O–H groups in total. The Balaban J connectivity index is 0.00000196. The van der Waals surface area contributed by atoms with Crippen molar-refractivity contribution in [1.82, 2.24) is 0 Å². The molecule has 1 aliphatic heterocycles. The molecular formula is C9H15NaO4S. The fourth-order valence-corrected chi connectivity index (χ4v) is 2.31. The van der Waals surface area contributed by atoms with Gasteiger partial charge in [0.1, 0.15) is 0 Å². The molecule has 82 valence electrons. The first-order valence-corrected chi connectivity index (χ1v) is 5.50. The Hall–Kier alpha value is 0.450. The summed E-state index contributed by atoms with van der Waals surface area (Å²) >= 11 is 1.09. The van der Waals surface area contributed by atoms with Crippen molar-refractivity contribution in [1.29, 1.82) is 0 Å². The van der Waals surface area contributed by atoms with Crippen LogP contribution in [0, 0.1) is 5.41 Å². The zero-order chi connectivity index (χ0) is 10.6. The van der Waals surface area contributed by atoms with Gasteiger partial charge < -0.3 is 9.84 Å². The SMILES string of the molecule is CC(=O)SCC1(C(=O)O)CCOCC1.[NaH]. The molecule has 1 aliphatic rings. The molecule has 0 aliphatic carbocycles. The average Bonchev–Trinajstić information content (AvgIpc) is 2.16. The average molecular weight is 242 g/mol. The van der Waals surface area contributed by atoms with Crippen molar-refractivity contribution in [2.75, 3.05) is 19.0 Å². The summed E-state index contributed by atoms with van der Waals surface area (Å²) in [5.41, 5.74) is -0.755. The summed E-state index contributed by atoms with van der Waals surface area (Å²) in [6.45, 7) is 2.41. The number of thioether (sulfide) groups is 1. The zero-order valence-corrected chi connectivity index (χ0v) is 8.93. The second kappa shape index (κ2) is 6.91. The van der Waals surface area contributed by atoms with E-state index in [0.717, 1.165) is 11.8 Å². The third-order valence-corrected chi connectivity index (χ3v) is 3.56. The fourth-order valence-electron chi connectivity index (χ4n) is 1.42. The van der Waals surface area contributed by atoms with Gasteiger partial charge in [0, 0.05) is 25.9 Å². The van der Waals surface area contributed by atoms with Crippen LogP contribution in [0.3, 0.4) is 0 Å². The van der Waals surface area contributed by atoms with Gasteiger partial charge in [0.2, 0.25) is 0 Å². The monoisotopic (exact) mass is 242 g/mol. The number of ether oxygens (including phenoxy) is 1. The molecule has 0 unspecified atom stereocenters. The first kappa shape index (κ1) is 15.4. The van der Waals surface area contributed by atoms with E-state index in [-0.39, 0.29) is 34.7 Å². The van der Waals surface area contributed by atoms with Crippen molar-refractivity contribution in [3.05, 3.63) is 0 Å². The molecule has 0 bridgehead atoms. The first-order valence-electron chi connectivity index (χ1n) is 4.51. The van der Waals surface area contributed by atoms with Crippen molar-refractivity contribution in [2.24, 2.45) is 5.41 Å². The normalized spacial score (nSPS) is 19.0. The van der Waals surface area contributed by atoms with Gasteiger partial charge in [-0.3, -0.25) is 9.59 Å². The molecular weight excluding hydrogens is 227 g/mol. The Morgan fingerprint density at radius 1 is 1.40 bits per heavy atom. The zero-order valence-electron chi connectivity index (χ0n) is 8.12. The molecule has 4 nitrogen and oxygen atoms in total. The van der Waals surface area contributed by atoms with Crippen molar-refractivity contribution in [2.45, 2.75) is 19.8 Å². The molecule has 0 aromatic heterocycles. The Kier molecular flexibility index (Phi) is 7.12. The number of aliphatic carboxylic acids is 1. The Bertz CT molecular complexity index is 238. The van der Waals surface area contributed by atoms with Gasteiger partial charge in [-0.1, -0.05) is 11.8 Å². The predicted molar refractivity (Wildman–Crippen MR) is 60.4 cm³/mol. The van der Waals surface area contributed by atoms with Gasteiger partial charge in [-0.2, -0.15) is 0 Å². The number of carboxylic acid groups (broad SMARTS) is 1. The molecule has 1 rings (SSSR count). The summed E-state index contributed by atoms with van der Waals surface area (Å²) in [4.78, 5) is 21.9. The van der Waals surface area contributed by atoms with Crippen LogP contribution in [0.5, 0.6) is 0 Å². The number of rotatable bonds is 3. The second-order valence-corrected chi connectivity index (χ2v) is 4.63. The Labute approximate surface area is 115 Å². The number of carboxylic acids is 1. The number of hydrogen-bond donors (Lipinski definition) is 1. The molecule has 1 fully saturated rings. The van der Waals surface area contributed by atoms with Crippen molar-refractivity contribution in [3.8, 4) is 0 Å². The van der Waals surface area contributed by atoms with Crippen LogP contribution in [-0.2, 0) is 14.3 Å². The molecule has 0 radical (unpaired) electrons. The minimum atomic E-state index is -0.811. The quantitative estimate of drug-likeness (QED) is 0.730. The van der Waals surface area contributed by atoms with Gasteiger partial charge in [-0.15, -0.1) is 0 Å². The van der Waals surface area contributed by atoms with E-state index in [1.807, 2.05) is 0 Å². The molecule has 0 saturated carbocycles. The van der Waals surface area contributed by atoms with Crippen LogP contribution < -0.4 is 0 Å². The predicted octanol–water partition coefficient (Wildman–Crippen LogP) is 0.499. The van der Waals surface area contributed by atoms with Gasteiger partial charge in [0.25, 0.3) is 0 Å². The van der Waals surface area contributed by atoms with Crippen LogP contribution in [0.2, 0.25) is 0 Å². The van der Waals surface area contributed by atoms with E-state index < -0.39 is 11.4 Å². The van der Waals surface area contributed by atoms with E-state index in [1.54, 1.807) is 0 Å². The maximum absolute atomic E-state index is 11.1.